The standard InChI is InChI=1S/C21H29N3O2/c1-21(2,13-15-24(3)16-14-22)26-20(25)23-19-12-8-7-11-18(19)17-9-5-4-6-10-17/h4-12H,13-16,22H2,1-3H3,(H,23,25). The van der Waals surface area contributed by atoms with Crippen LogP contribution in [0.5, 0.6) is 0 Å². The first-order valence-corrected chi connectivity index (χ1v) is 8.94. The number of benzene rings is 2. The highest BCUT2D eigenvalue weighted by molar-refractivity contribution is 5.91. The molecule has 5 heteroatoms. The Labute approximate surface area is 156 Å². The molecule has 26 heavy (non-hydrogen) atoms. The lowest BCUT2D eigenvalue weighted by atomic mass is 10.0. The zero-order chi connectivity index (χ0) is 19.0. The second-order valence-electron chi connectivity index (χ2n) is 7.03. The van der Waals surface area contributed by atoms with Crippen LogP contribution in [-0.4, -0.2) is 43.3 Å². The number of hydrogen-bond acceptors (Lipinski definition) is 4. The summed E-state index contributed by atoms with van der Waals surface area (Å²) in [7, 11) is 2.01. The van der Waals surface area contributed by atoms with Gasteiger partial charge in [-0.25, -0.2) is 4.79 Å². The minimum Gasteiger partial charge on any atom is -0.443 e. The molecule has 5 nitrogen and oxygen atoms in total. The minimum atomic E-state index is -0.561. The van der Waals surface area contributed by atoms with E-state index in [1.54, 1.807) is 0 Å². The van der Waals surface area contributed by atoms with Crippen molar-refractivity contribution in [3.8, 4) is 11.1 Å². The van der Waals surface area contributed by atoms with Gasteiger partial charge < -0.3 is 15.4 Å². The lowest BCUT2D eigenvalue weighted by Gasteiger charge is -2.27. The minimum absolute atomic E-state index is 0.445. The van der Waals surface area contributed by atoms with Crippen LogP contribution in [0.25, 0.3) is 11.1 Å². The summed E-state index contributed by atoms with van der Waals surface area (Å²) in [5, 5.41) is 2.88. The Morgan fingerprint density at radius 2 is 1.73 bits per heavy atom. The maximum atomic E-state index is 12.4. The van der Waals surface area contributed by atoms with E-state index in [1.165, 1.54) is 0 Å². The number of para-hydroxylation sites is 1. The van der Waals surface area contributed by atoms with Crippen LogP contribution in [0.15, 0.2) is 54.6 Å². The number of carbonyl (C=O) groups is 1. The Morgan fingerprint density at radius 1 is 1.08 bits per heavy atom. The third-order valence-corrected chi connectivity index (χ3v) is 4.22. The molecule has 0 aliphatic heterocycles. The fraction of sp³-hybridized carbons (Fsp3) is 0.381. The molecule has 0 aliphatic rings. The first kappa shape index (κ1) is 19.9. The predicted molar refractivity (Wildman–Crippen MR) is 107 cm³/mol. The zero-order valence-electron chi connectivity index (χ0n) is 15.9. The van der Waals surface area contributed by atoms with E-state index in [0.29, 0.717) is 6.54 Å². The summed E-state index contributed by atoms with van der Waals surface area (Å²) < 4.78 is 5.65. The van der Waals surface area contributed by atoms with Crippen molar-refractivity contribution in [3.05, 3.63) is 54.6 Å². The largest absolute Gasteiger partial charge is 0.443 e. The molecule has 0 aliphatic carbocycles. The predicted octanol–water partition coefficient (Wildman–Crippen LogP) is 3.96. The van der Waals surface area contributed by atoms with Gasteiger partial charge in [-0.1, -0.05) is 48.5 Å². The number of anilines is 1. The molecular formula is C21H29N3O2. The van der Waals surface area contributed by atoms with Crippen molar-refractivity contribution in [2.24, 2.45) is 5.73 Å². The molecular weight excluding hydrogens is 326 g/mol. The number of hydrogen-bond donors (Lipinski definition) is 2. The van der Waals surface area contributed by atoms with Crippen molar-refractivity contribution in [1.29, 1.82) is 0 Å². The number of nitrogens with one attached hydrogen (secondary N) is 1. The highest BCUT2D eigenvalue weighted by Gasteiger charge is 2.23. The van der Waals surface area contributed by atoms with Crippen molar-refractivity contribution in [2.75, 3.05) is 32.0 Å². The van der Waals surface area contributed by atoms with E-state index in [4.69, 9.17) is 10.5 Å². The molecule has 2 aromatic carbocycles. The highest BCUT2D eigenvalue weighted by Crippen LogP contribution is 2.28. The van der Waals surface area contributed by atoms with Crippen LogP contribution in [0.2, 0.25) is 0 Å². The smallest absolute Gasteiger partial charge is 0.412 e. The summed E-state index contributed by atoms with van der Waals surface area (Å²) in [5.74, 6) is 0. The molecule has 0 saturated carbocycles. The quantitative estimate of drug-likeness (QED) is 0.752. The lowest BCUT2D eigenvalue weighted by Crippen LogP contribution is -2.36. The third-order valence-electron chi connectivity index (χ3n) is 4.22. The Hall–Kier alpha value is -2.37. The molecule has 3 N–H and O–H groups in total. The molecule has 2 rings (SSSR count). The van der Waals surface area contributed by atoms with Gasteiger partial charge in [-0.15, -0.1) is 0 Å². The van der Waals surface area contributed by atoms with E-state index in [2.05, 4.69) is 10.2 Å². The number of amides is 1. The van der Waals surface area contributed by atoms with Gasteiger partial charge in [0.15, 0.2) is 0 Å². The maximum Gasteiger partial charge on any atom is 0.412 e. The van der Waals surface area contributed by atoms with Gasteiger partial charge in [0.1, 0.15) is 5.60 Å². The molecule has 0 aromatic heterocycles. The number of carbonyl (C=O) groups excluding carboxylic acids is 1. The molecule has 2 aromatic rings. The SMILES string of the molecule is CN(CCN)CCC(C)(C)OC(=O)Nc1ccccc1-c1ccccc1. The highest BCUT2D eigenvalue weighted by atomic mass is 16.6. The number of likely N-dealkylation sites (N-methyl/N-ethyl adjacent to an activating group) is 1. The van der Waals surface area contributed by atoms with Crippen molar-refractivity contribution < 1.29 is 9.53 Å². The normalized spacial score (nSPS) is 11.4. The van der Waals surface area contributed by atoms with Crippen LogP contribution < -0.4 is 11.1 Å². The lowest BCUT2D eigenvalue weighted by molar-refractivity contribution is 0.0360. The van der Waals surface area contributed by atoms with Crippen molar-refractivity contribution in [3.63, 3.8) is 0 Å². The van der Waals surface area contributed by atoms with Gasteiger partial charge in [-0.05, 0) is 38.9 Å². The second kappa shape index (κ2) is 9.36. The third kappa shape index (κ3) is 6.17. The summed E-state index contributed by atoms with van der Waals surface area (Å²) in [6.45, 7) is 6.11. The molecule has 0 bridgehead atoms. The molecule has 0 saturated heterocycles. The summed E-state index contributed by atoms with van der Waals surface area (Å²) in [4.78, 5) is 14.5. The van der Waals surface area contributed by atoms with Crippen molar-refractivity contribution >= 4 is 11.8 Å². The molecule has 0 heterocycles. The Balaban J connectivity index is 2.00. The molecule has 140 valence electrons. The van der Waals surface area contributed by atoms with E-state index in [9.17, 15) is 4.79 Å². The molecule has 0 unspecified atom stereocenters. The average molecular weight is 355 g/mol. The van der Waals surface area contributed by atoms with Gasteiger partial charge in [0.25, 0.3) is 0 Å². The van der Waals surface area contributed by atoms with Gasteiger partial charge in [-0.2, -0.15) is 0 Å². The van der Waals surface area contributed by atoms with Crippen LogP contribution in [0.3, 0.4) is 0 Å². The van der Waals surface area contributed by atoms with E-state index in [1.807, 2.05) is 75.5 Å². The summed E-state index contributed by atoms with van der Waals surface area (Å²) in [6.07, 6.45) is 0.289. The molecule has 0 radical (unpaired) electrons. The molecule has 0 spiro atoms. The average Bonchev–Trinajstić information content (AvgIpc) is 2.61. The zero-order valence-corrected chi connectivity index (χ0v) is 15.9. The summed E-state index contributed by atoms with van der Waals surface area (Å²) in [6, 6.07) is 17.7. The Kier molecular flexibility index (Phi) is 7.18. The van der Waals surface area contributed by atoms with Gasteiger partial charge in [0, 0.05) is 25.2 Å². The fourth-order valence-corrected chi connectivity index (χ4v) is 2.69. The molecule has 1 amide bonds. The summed E-state index contributed by atoms with van der Waals surface area (Å²) in [5.41, 5.74) is 7.75. The number of rotatable bonds is 8. The fourth-order valence-electron chi connectivity index (χ4n) is 2.69. The Morgan fingerprint density at radius 3 is 2.42 bits per heavy atom. The van der Waals surface area contributed by atoms with E-state index in [-0.39, 0.29) is 0 Å². The molecule has 0 atom stereocenters. The van der Waals surface area contributed by atoms with E-state index < -0.39 is 11.7 Å². The van der Waals surface area contributed by atoms with Gasteiger partial charge in [-0.3, -0.25) is 5.32 Å². The number of nitrogens with two attached hydrogens (primary N) is 1. The van der Waals surface area contributed by atoms with Crippen LogP contribution in [0.4, 0.5) is 10.5 Å². The Bertz CT molecular complexity index is 701. The van der Waals surface area contributed by atoms with Gasteiger partial charge in [0.2, 0.25) is 0 Å². The second-order valence-corrected chi connectivity index (χ2v) is 7.03. The first-order valence-electron chi connectivity index (χ1n) is 8.94. The van der Waals surface area contributed by atoms with Crippen molar-refractivity contribution in [1.82, 2.24) is 4.90 Å². The number of ether oxygens (including phenoxy) is 1. The number of nitrogens with zero attached hydrogens (tertiary/aromatic N) is 1. The van der Waals surface area contributed by atoms with Gasteiger partial charge in [0.05, 0.1) is 5.69 Å². The molecule has 0 fully saturated rings. The summed E-state index contributed by atoms with van der Waals surface area (Å²) >= 11 is 0. The topological polar surface area (TPSA) is 67.6 Å². The van der Waals surface area contributed by atoms with Crippen LogP contribution in [0, 0.1) is 0 Å². The van der Waals surface area contributed by atoms with E-state index in [0.717, 1.165) is 36.3 Å². The first-order chi connectivity index (χ1) is 12.4. The van der Waals surface area contributed by atoms with Crippen LogP contribution >= 0.6 is 0 Å². The van der Waals surface area contributed by atoms with Crippen LogP contribution in [0.1, 0.15) is 20.3 Å². The van der Waals surface area contributed by atoms with Gasteiger partial charge >= 0.3 is 6.09 Å². The maximum absolute atomic E-state index is 12.4. The monoisotopic (exact) mass is 355 g/mol. The van der Waals surface area contributed by atoms with Crippen molar-refractivity contribution in [2.45, 2.75) is 25.9 Å². The van der Waals surface area contributed by atoms with E-state index >= 15 is 0 Å². The van der Waals surface area contributed by atoms with Crippen LogP contribution in [-0.2, 0) is 4.74 Å².